The van der Waals surface area contributed by atoms with Crippen LogP contribution >= 0.6 is 0 Å². The van der Waals surface area contributed by atoms with E-state index in [0.717, 1.165) is 23.5 Å². The molecule has 0 aliphatic carbocycles. The van der Waals surface area contributed by atoms with E-state index in [0.29, 0.717) is 18.6 Å². The van der Waals surface area contributed by atoms with Gasteiger partial charge in [0.25, 0.3) is 0 Å². The highest BCUT2D eigenvalue weighted by molar-refractivity contribution is 5.30. The van der Waals surface area contributed by atoms with Crippen LogP contribution in [-0.4, -0.2) is 6.61 Å². The van der Waals surface area contributed by atoms with Crippen molar-refractivity contribution in [3.8, 4) is 11.5 Å². The van der Waals surface area contributed by atoms with Gasteiger partial charge in [0, 0.05) is 0 Å². The zero-order chi connectivity index (χ0) is 16.0. The summed E-state index contributed by atoms with van der Waals surface area (Å²) >= 11 is 0. The third-order valence-electron chi connectivity index (χ3n) is 3.30. The molecule has 0 fully saturated rings. The monoisotopic (exact) mass is 298 g/mol. The van der Waals surface area contributed by atoms with Gasteiger partial charge >= 0.3 is 0 Å². The van der Waals surface area contributed by atoms with E-state index in [1.54, 1.807) is 0 Å². The van der Waals surface area contributed by atoms with Crippen LogP contribution in [0.5, 0.6) is 11.5 Å². The van der Waals surface area contributed by atoms with Gasteiger partial charge in [0.15, 0.2) is 0 Å². The Bertz CT molecular complexity index is 562. The molecule has 2 nitrogen and oxygen atoms in total. The van der Waals surface area contributed by atoms with Gasteiger partial charge in [0.05, 0.1) is 6.61 Å². The zero-order valence-corrected chi connectivity index (χ0v) is 14.1. The van der Waals surface area contributed by atoms with Gasteiger partial charge in [-0.3, -0.25) is 0 Å². The van der Waals surface area contributed by atoms with Crippen molar-refractivity contribution >= 4 is 0 Å². The van der Waals surface area contributed by atoms with E-state index in [-0.39, 0.29) is 0 Å². The fraction of sp³-hybridized carbons (Fsp3) is 0.400. The molecule has 22 heavy (non-hydrogen) atoms. The highest BCUT2D eigenvalue weighted by Gasteiger charge is 2.10. The number of ether oxygens (including phenoxy) is 2. The highest BCUT2D eigenvalue weighted by Crippen LogP contribution is 2.22. The molecule has 0 atom stereocenters. The van der Waals surface area contributed by atoms with Crippen LogP contribution in [0.2, 0.25) is 0 Å². The molecule has 118 valence electrons. The Morgan fingerprint density at radius 1 is 0.727 bits per heavy atom. The average Bonchev–Trinajstić information content (AvgIpc) is 2.47. The highest BCUT2D eigenvalue weighted by atomic mass is 16.5. The van der Waals surface area contributed by atoms with Gasteiger partial charge in [-0.1, -0.05) is 45.0 Å². The lowest BCUT2D eigenvalue weighted by atomic mass is 9.88. The Morgan fingerprint density at radius 2 is 1.23 bits per heavy atom. The molecule has 2 aromatic carbocycles. The summed E-state index contributed by atoms with van der Waals surface area (Å²) in [5.41, 5.74) is 2.80. The molecule has 2 heteroatoms. The normalized spacial score (nSPS) is 11.3. The molecule has 0 spiro atoms. The Hall–Kier alpha value is -1.96. The number of rotatable bonds is 6. The van der Waals surface area contributed by atoms with E-state index in [1.807, 2.05) is 31.2 Å². The van der Waals surface area contributed by atoms with Crippen LogP contribution in [0.15, 0.2) is 48.5 Å². The van der Waals surface area contributed by atoms with Crippen LogP contribution < -0.4 is 9.47 Å². The summed E-state index contributed by atoms with van der Waals surface area (Å²) in [5.74, 6) is 1.81. The lowest BCUT2D eigenvalue weighted by Gasteiger charge is -2.18. The summed E-state index contributed by atoms with van der Waals surface area (Å²) in [5, 5.41) is 0. The van der Waals surface area contributed by atoms with Crippen LogP contribution in [0.3, 0.4) is 0 Å². The molecule has 0 aliphatic heterocycles. The van der Waals surface area contributed by atoms with E-state index in [4.69, 9.17) is 9.47 Å². The molecule has 0 saturated carbocycles. The molecule has 0 aliphatic rings. The summed E-state index contributed by atoms with van der Waals surface area (Å²) in [6.45, 7) is 10.0. The molecule has 0 unspecified atom stereocenters. The third kappa shape index (κ3) is 5.44. The van der Waals surface area contributed by atoms with E-state index < -0.39 is 0 Å². The first-order valence-corrected chi connectivity index (χ1v) is 7.90. The molecule has 0 aromatic heterocycles. The van der Waals surface area contributed by atoms with Gasteiger partial charge in [-0.15, -0.1) is 0 Å². The molecule has 0 radical (unpaired) electrons. The maximum atomic E-state index is 5.84. The van der Waals surface area contributed by atoms with Crippen molar-refractivity contribution < 1.29 is 9.47 Å². The Morgan fingerprint density at radius 3 is 1.73 bits per heavy atom. The maximum Gasteiger partial charge on any atom is 0.119 e. The zero-order valence-electron chi connectivity index (χ0n) is 14.1. The minimum Gasteiger partial charge on any atom is -0.494 e. The quantitative estimate of drug-likeness (QED) is 0.725. The molecule has 2 aromatic rings. The third-order valence-corrected chi connectivity index (χ3v) is 3.30. The van der Waals surface area contributed by atoms with E-state index >= 15 is 0 Å². The summed E-state index contributed by atoms with van der Waals surface area (Å²) in [7, 11) is 0. The first-order valence-electron chi connectivity index (χ1n) is 7.90. The van der Waals surface area contributed by atoms with Crippen molar-refractivity contribution in [1.82, 2.24) is 0 Å². The Labute approximate surface area is 134 Å². The second kappa shape index (κ2) is 7.35. The second-order valence-electron chi connectivity index (χ2n) is 6.75. The van der Waals surface area contributed by atoms with Crippen molar-refractivity contribution in [3.63, 3.8) is 0 Å². The van der Waals surface area contributed by atoms with E-state index in [9.17, 15) is 0 Å². The number of hydrogen-bond acceptors (Lipinski definition) is 2. The Kier molecular flexibility index (Phi) is 5.48. The van der Waals surface area contributed by atoms with Gasteiger partial charge < -0.3 is 9.47 Å². The van der Waals surface area contributed by atoms with Crippen LogP contribution in [0.4, 0.5) is 0 Å². The molecule has 0 amide bonds. The molecule has 0 N–H and O–H groups in total. The van der Waals surface area contributed by atoms with Crippen LogP contribution in [-0.2, 0) is 13.0 Å². The minimum atomic E-state index is 0.310. The average molecular weight is 298 g/mol. The molecule has 0 bridgehead atoms. The molecule has 0 heterocycles. The lowest BCUT2D eigenvalue weighted by molar-refractivity contribution is 0.305. The van der Waals surface area contributed by atoms with Gasteiger partial charge in [-0.25, -0.2) is 0 Å². The van der Waals surface area contributed by atoms with Gasteiger partial charge in [0.1, 0.15) is 18.1 Å². The van der Waals surface area contributed by atoms with Gasteiger partial charge in [0.2, 0.25) is 0 Å². The van der Waals surface area contributed by atoms with Gasteiger partial charge in [-0.05, 0) is 54.2 Å². The second-order valence-corrected chi connectivity index (χ2v) is 6.75. The lowest BCUT2D eigenvalue weighted by Crippen LogP contribution is -2.08. The molecular formula is C20H26O2. The van der Waals surface area contributed by atoms with Crippen molar-refractivity contribution in [3.05, 3.63) is 59.7 Å². The van der Waals surface area contributed by atoms with Crippen molar-refractivity contribution in [2.24, 2.45) is 5.41 Å². The molecule has 2 rings (SSSR count). The fourth-order valence-electron chi connectivity index (χ4n) is 2.33. The smallest absolute Gasteiger partial charge is 0.119 e. The molecular weight excluding hydrogens is 272 g/mol. The maximum absolute atomic E-state index is 5.84. The summed E-state index contributed by atoms with van der Waals surface area (Å²) in [6.07, 6.45) is 1.08. The first kappa shape index (κ1) is 16.4. The van der Waals surface area contributed by atoms with Crippen molar-refractivity contribution in [1.29, 1.82) is 0 Å². The van der Waals surface area contributed by atoms with E-state index in [2.05, 4.69) is 45.0 Å². The van der Waals surface area contributed by atoms with E-state index in [1.165, 1.54) is 5.56 Å². The first-order chi connectivity index (χ1) is 10.5. The topological polar surface area (TPSA) is 18.5 Å². The number of hydrogen-bond donors (Lipinski definition) is 0. The standard InChI is InChI=1S/C20H26O2/c1-5-21-18-12-8-17(9-13-18)15-22-19-10-6-16(7-11-19)14-20(2,3)4/h6-13H,5,14-15H2,1-4H3. The predicted octanol–water partition coefficient (Wildman–Crippen LogP) is 5.25. The minimum absolute atomic E-state index is 0.310. The van der Waals surface area contributed by atoms with Crippen molar-refractivity contribution in [2.75, 3.05) is 6.61 Å². The Balaban J connectivity index is 1.88. The van der Waals surface area contributed by atoms with Crippen LogP contribution in [0.25, 0.3) is 0 Å². The SMILES string of the molecule is CCOc1ccc(COc2ccc(CC(C)(C)C)cc2)cc1. The predicted molar refractivity (Wildman–Crippen MR) is 91.5 cm³/mol. The number of benzene rings is 2. The summed E-state index contributed by atoms with van der Waals surface area (Å²) < 4.78 is 11.3. The summed E-state index contributed by atoms with van der Waals surface area (Å²) in [4.78, 5) is 0. The molecule has 0 saturated heterocycles. The van der Waals surface area contributed by atoms with Crippen LogP contribution in [0.1, 0.15) is 38.8 Å². The summed E-state index contributed by atoms with van der Waals surface area (Å²) in [6, 6.07) is 16.4. The van der Waals surface area contributed by atoms with Crippen molar-refractivity contribution in [2.45, 2.75) is 40.7 Å². The van der Waals surface area contributed by atoms with Crippen LogP contribution in [0, 0.1) is 5.41 Å². The van der Waals surface area contributed by atoms with Gasteiger partial charge in [-0.2, -0.15) is 0 Å². The fourth-order valence-corrected chi connectivity index (χ4v) is 2.33. The largest absolute Gasteiger partial charge is 0.494 e.